The first-order chi connectivity index (χ1) is 6.78. The molecule has 84 valence electrons. The molecule has 0 saturated heterocycles. The maximum atomic E-state index is 11.4. The number of anilines is 2. The van der Waals surface area contributed by atoms with Crippen LogP contribution >= 0.6 is 0 Å². The van der Waals surface area contributed by atoms with Crippen LogP contribution < -0.4 is 21.1 Å². The van der Waals surface area contributed by atoms with Crippen molar-refractivity contribution in [3.05, 3.63) is 20.4 Å². The van der Waals surface area contributed by atoms with E-state index in [1.54, 1.807) is 4.90 Å². The van der Waals surface area contributed by atoms with Crippen molar-refractivity contribution < 1.29 is 0 Å². The van der Waals surface area contributed by atoms with E-state index in [-0.39, 0.29) is 11.0 Å². The van der Waals surface area contributed by atoms with Crippen molar-refractivity contribution in [1.82, 2.24) is 0 Å². The lowest BCUT2D eigenvalue weighted by molar-refractivity contribution is 0.631. The van der Waals surface area contributed by atoms with Crippen LogP contribution in [0.25, 0.3) is 0 Å². The highest BCUT2D eigenvalue weighted by molar-refractivity contribution is 5.75. The van der Waals surface area contributed by atoms with Crippen molar-refractivity contribution >= 4 is 11.4 Å². The third kappa shape index (κ3) is 2.19. The molecule has 0 spiro atoms. The molecule has 0 saturated carbocycles. The number of nitrogens with zero attached hydrogens (tertiary/aromatic N) is 1. The van der Waals surface area contributed by atoms with E-state index in [0.717, 1.165) is 0 Å². The average Bonchev–Trinajstić information content (AvgIpc) is 2.14. The summed E-state index contributed by atoms with van der Waals surface area (Å²) in [5, 5.41) is 3.07. The number of hydrogen-bond donors (Lipinski definition) is 1. The van der Waals surface area contributed by atoms with Gasteiger partial charge in [-0.15, -0.1) is 0 Å². The van der Waals surface area contributed by atoms with Gasteiger partial charge in [0.05, 0.1) is 0 Å². The summed E-state index contributed by atoms with van der Waals surface area (Å²) < 4.78 is 0. The first kappa shape index (κ1) is 11.8. The zero-order valence-corrected chi connectivity index (χ0v) is 9.97. The minimum atomic E-state index is -0.403. The largest absolute Gasteiger partial charge is 0.375 e. The molecule has 0 amide bonds. The molecule has 0 aliphatic rings. The Morgan fingerprint density at radius 1 is 1.20 bits per heavy atom. The minimum Gasteiger partial charge on any atom is -0.375 e. The van der Waals surface area contributed by atoms with Gasteiger partial charge in [-0.05, 0) is 27.7 Å². The second-order valence-electron chi connectivity index (χ2n) is 4.77. The van der Waals surface area contributed by atoms with Gasteiger partial charge in [0, 0.05) is 19.1 Å². The molecule has 0 aliphatic carbocycles. The van der Waals surface area contributed by atoms with Gasteiger partial charge >= 0.3 is 0 Å². The lowest BCUT2D eigenvalue weighted by Crippen LogP contribution is -2.44. The van der Waals surface area contributed by atoms with Crippen molar-refractivity contribution in [2.45, 2.75) is 33.2 Å². The van der Waals surface area contributed by atoms with Gasteiger partial charge in [-0.3, -0.25) is 9.59 Å². The lowest BCUT2D eigenvalue weighted by atomic mass is 10.1. The second-order valence-corrected chi connectivity index (χ2v) is 4.77. The molecule has 15 heavy (non-hydrogen) atoms. The Hall–Kier alpha value is -1.32. The molecule has 0 atom stereocenters. The third-order valence-corrected chi connectivity index (χ3v) is 2.24. The molecule has 1 N–H and O–H groups in total. The fourth-order valence-electron chi connectivity index (χ4n) is 1.39. The predicted octanol–water partition coefficient (Wildman–Crippen LogP) is 0.949. The molecule has 1 aromatic rings. The van der Waals surface area contributed by atoms with E-state index in [1.807, 2.05) is 34.7 Å². The van der Waals surface area contributed by atoms with Crippen LogP contribution in [0.1, 0.15) is 27.7 Å². The van der Waals surface area contributed by atoms with Crippen molar-refractivity contribution in [3.63, 3.8) is 0 Å². The highest BCUT2D eigenvalue weighted by Crippen LogP contribution is 2.21. The summed E-state index contributed by atoms with van der Waals surface area (Å²) in [5.41, 5.74) is -0.0217. The summed E-state index contributed by atoms with van der Waals surface area (Å²) in [7, 11) is 1.81. The quantitative estimate of drug-likeness (QED) is 0.755. The van der Waals surface area contributed by atoms with Gasteiger partial charge in [0.2, 0.25) is 0 Å². The zero-order chi connectivity index (χ0) is 11.8. The molecule has 4 nitrogen and oxygen atoms in total. The summed E-state index contributed by atoms with van der Waals surface area (Å²) in [6.07, 6.45) is 0. The molecule has 0 bridgehead atoms. The summed E-state index contributed by atoms with van der Waals surface area (Å²) in [5.74, 6) is 0. The van der Waals surface area contributed by atoms with Crippen LogP contribution in [0.4, 0.5) is 11.4 Å². The molecule has 0 aliphatic heterocycles. The maximum absolute atomic E-state index is 11.4. The van der Waals surface area contributed by atoms with Crippen LogP contribution in [0.3, 0.4) is 0 Å². The Morgan fingerprint density at radius 2 is 1.73 bits per heavy atom. The van der Waals surface area contributed by atoms with E-state index in [2.05, 4.69) is 5.32 Å². The van der Waals surface area contributed by atoms with Gasteiger partial charge in [0.1, 0.15) is 11.4 Å². The number of hydrogen-bond acceptors (Lipinski definition) is 4. The van der Waals surface area contributed by atoms with Crippen molar-refractivity contribution in [2.75, 3.05) is 23.8 Å². The minimum absolute atomic E-state index is 0.203. The highest BCUT2D eigenvalue weighted by Gasteiger charge is 2.26. The molecular weight excluding hydrogens is 192 g/mol. The van der Waals surface area contributed by atoms with Gasteiger partial charge in [0.15, 0.2) is 0 Å². The topological polar surface area (TPSA) is 49.4 Å². The molecule has 0 radical (unpaired) electrons. The molecule has 4 heteroatoms. The summed E-state index contributed by atoms with van der Waals surface area (Å²) in [6.45, 7) is 8.53. The van der Waals surface area contributed by atoms with Crippen LogP contribution in [-0.4, -0.2) is 19.1 Å². The summed E-state index contributed by atoms with van der Waals surface area (Å²) in [4.78, 5) is 24.5. The van der Waals surface area contributed by atoms with E-state index in [9.17, 15) is 9.59 Å². The fourth-order valence-corrected chi connectivity index (χ4v) is 1.39. The third-order valence-electron chi connectivity index (χ3n) is 2.24. The van der Waals surface area contributed by atoms with E-state index < -0.39 is 5.43 Å². The lowest BCUT2D eigenvalue weighted by Gasteiger charge is -2.28. The molecule has 0 heterocycles. The second kappa shape index (κ2) is 3.68. The van der Waals surface area contributed by atoms with Crippen LogP contribution in [-0.2, 0) is 0 Å². The van der Waals surface area contributed by atoms with Crippen LogP contribution in [0.5, 0.6) is 0 Å². The first-order valence-electron chi connectivity index (χ1n) is 5.10. The maximum Gasteiger partial charge on any atom is 0.253 e. The Bertz CT molecular complexity index is 422. The molecule has 1 aromatic carbocycles. The number of rotatable bonds is 3. The van der Waals surface area contributed by atoms with Crippen molar-refractivity contribution in [1.29, 1.82) is 0 Å². The first-order valence-corrected chi connectivity index (χ1v) is 5.10. The van der Waals surface area contributed by atoms with Crippen molar-refractivity contribution in [3.8, 4) is 0 Å². The zero-order valence-electron chi connectivity index (χ0n) is 9.97. The van der Waals surface area contributed by atoms with Gasteiger partial charge in [-0.2, -0.15) is 0 Å². The smallest absolute Gasteiger partial charge is 0.253 e. The molecule has 0 fully saturated rings. The Morgan fingerprint density at radius 3 is 2.13 bits per heavy atom. The van der Waals surface area contributed by atoms with Crippen LogP contribution in [0, 0.1) is 0 Å². The monoisotopic (exact) mass is 210 g/mol. The van der Waals surface area contributed by atoms with E-state index in [0.29, 0.717) is 17.9 Å². The molecule has 1 rings (SSSR count). The van der Waals surface area contributed by atoms with E-state index in [1.165, 1.54) is 0 Å². The van der Waals surface area contributed by atoms with Gasteiger partial charge in [0.25, 0.3) is 10.9 Å². The van der Waals surface area contributed by atoms with E-state index >= 15 is 0 Å². The van der Waals surface area contributed by atoms with Crippen LogP contribution in [0.15, 0.2) is 9.59 Å². The Balaban J connectivity index is 3.05. The molecule has 0 aromatic heterocycles. The van der Waals surface area contributed by atoms with Crippen LogP contribution in [0.2, 0.25) is 0 Å². The average molecular weight is 210 g/mol. The normalized spacial score (nSPS) is 11.8. The highest BCUT2D eigenvalue weighted by atomic mass is 16.2. The summed E-state index contributed by atoms with van der Waals surface area (Å²) in [6, 6.07) is 0. The Labute approximate surface area is 89.6 Å². The van der Waals surface area contributed by atoms with E-state index in [4.69, 9.17) is 0 Å². The van der Waals surface area contributed by atoms with Gasteiger partial charge < -0.3 is 10.2 Å². The summed E-state index contributed by atoms with van der Waals surface area (Å²) >= 11 is 0. The number of nitrogens with one attached hydrogen (secondary N) is 1. The molecule has 0 unspecified atom stereocenters. The standard InChI is InChI=1S/C11H18N2O2/c1-6-13(5)8-7(9(14)10(8)15)12-11(2,3)4/h12H,6H2,1-5H3. The SMILES string of the molecule is CCN(C)c1c(NC(C)(C)C)c(=O)c1=O. The van der Waals surface area contributed by atoms with Gasteiger partial charge in [-0.1, -0.05) is 0 Å². The fraction of sp³-hybridized carbons (Fsp3) is 0.636. The van der Waals surface area contributed by atoms with Gasteiger partial charge in [-0.25, -0.2) is 0 Å². The Kier molecular flexibility index (Phi) is 2.88. The molecular formula is C11H18N2O2. The van der Waals surface area contributed by atoms with Crippen molar-refractivity contribution in [2.24, 2.45) is 0 Å². The predicted molar refractivity (Wildman–Crippen MR) is 63.7 cm³/mol.